The summed E-state index contributed by atoms with van der Waals surface area (Å²) in [5.74, 6) is 0.285. The molecule has 1 saturated carbocycles. The molecule has 1 spiro atoms. The van der Waals surface area contributed by atoms with Crippen LogP contribution in [0.1, 0.15) is 24.0 Å². The second-order valence-electron chi connectivity index (χ2n) is 4.85. The fraction of sp³-hybridized carbons (Fsp3) is 0.462. The van der Waals surface area contributed by atoms with Gasteiger partial charge in [0.15, 0.2) is 0 Å². The Morgan fingerprint density at radius 1 is 1.56 bits per heavy atom. The van der Waals surface area contributed by atoms with E-state index < -0.39 is 5.97 Å². The third kappa shape index (κ3) is 1.31. The van der Waals surface area contributed by atoms with E-state index in [1.165, 1.54) is 16.0 Å². The molecule has 0 amide bonds. The lowest BCUT2D eigenvalue weighted by atomic mass is 9.89. The minimum Gasteiger partial charge on any atom is -0.481 e. The number of benzene rings is 1. The Hall–Kier alpha value is -0.960. The highest BCUT2D eigenvalue weighted by molar-refractivity contribution is 7.99. The van der Waals surface area contributed by atoms with Crippen molar-refractivity contribution in [3.05, 3.63) is 29.3 Å². The molecule has 1 fully saturated rings. The minimum absolute atomic E-state index is 0.0293. The van der Waals surface area contributed by atoms with E-state index >= 15 is 0 Å². The van der Waals surface area contributed by atoms with Crippen molar-refractivity contribution in [2.75, 3.05) is 5.75 Å². The zero-order valence-corrected chi connectivity index (χ0v) is 10.0. The lowest BCUT2D eigenvalue weighted by molar-refractivity contribution is -0.139. The summed E-state index contributed by atoms with van der Waals surface area (Å²) < 4.78 is 0. The average molecular weight is 234 g/mol. The highest BCUT2D eigenvalue weighted by Gasteiger charge is 2.60. The molecule has 3 rings (SSSR count). The van der Waals surface area contributed by atoms with E-state index in [2.05, 4.69) is 25.1 Å². The number of aliphatic carboxylic acids is 1. The van der Waals surface area contributed by atoms with Crippen molar-refractivity contribution in [2.45, 2.75) is 30.1 Å². The fourth-order valence-corrected chi connectivity index (χ4v) is 4.11. The van der Waals surface area contributed by atoms with E-state index in [9.17, 15) is 4.79 Å². The smallest absolute Gasteiger partial charge is 0.307 e. The van der Waals surface area contributed by atoms with Crippen molar-refractivity contribution in [1.29, 1.82) is 0 Å². The molecule has 1 aromatic carbocycles. The van der Waals surface area contributed by atoms with Gasteiger partial charge in [-0.3, -0.25) is 4.79 Å². The van der Waals surface area contributed by atoms with Crippen molar-refractivity contribution >= 4 is 17.7 Å². The lowest BCUT2D eigenvalue weighted by Gasteiger charge is -2.25. The van der Waals surface area contributed by atoms with Gasteiger partial charge in [0.25, 0.3) is 0 Å². The molecule has 2 aliphatic rings. The van der Waals surface area contributed by atoms with Crippen LogP contribution in [0.5, 0.6) is 0 Å². The molecule has 0 saturated heterocycles. The topological polar surface area (TPSA) is 37.3 Å². The summed E-state index contributed by atoms with van der Waals surface area (Å²) in [5, 5.41) is 9.16. The third-order valence-electron chi connectivity index (χ3n) is 3.85. The first-order valence-corrected chi connectivity index (χ1v) is 6.59. The molecule has 2 atom stereocenters. The van der Waals surface area contributed by atoms with Crippen LogP contribution in [0.25, 0.3) is 0 Å². The Morgan fingerprint density at radius 3 is 3.06 bits per heavy atom. The Labute approximate surface area is 99.1 Å². The number of thioether (sulfide) groups is 1. The molecule has 1 aliphatic heterocycles. The van der Waals surface area contributed by atoms with Gasteiger partial charge < -0.3 is 5.11 Å². The molecule has 16 heavy (non-hydrogen) atoms. The number of aryl methyl sites for hydroxylation is 1. The maximum atomic E-state index is 11.1. The van der Waals surface area contributed by atoms with Crippen LogP contribution in [0.2, 0.25) is 0 Å². The van der Waals surface area contributed by atoms with Gasteiger partial charge in [-0.25, -0.2) is 0 Å². The maximum absolute atomic E-state index is 11.1. The van der Waals surface area contributed by atoms with Crippen LogP contribution in [-0.4, -0.2) is 16.8 Å². The van der Waals surface area contributed by atoms with Gasteiger partial charge in [-0.1, -0.05) is 17.7 Å². The van der Waals surface area contributed by atoms with Gasteiger partial charge >= 0.3 is 5.97 Å². The third-order valence-corrected chi connectivity index (χ3v) is 4.93. The number of carboxylic acid groups (broad SMARTS) is 1. The van der Waals surface area contributed by atoms with Gasteiger partial charge in [-0.05, 0) is 37.1 Å². The van der Waals surface area contributed by atoms with Crippen molar-refractivity contribution in [3.63, 3.8) is 0 Å². The van der Waals surface area contributed by atoms with Gasteiger partial charge in [0, 0.05) is 10.3 Å². The van der Waals surface area contributed by atoms with Crippen LogP contribution < -0.4 is 0 Å². The molecule has 0 bridgehead atoms. The number of fused-ring (bicyclic) bond motifs is 2. The lowest BCUT2D eigenvalue weighted by Crippen LogP contribution is -2.20. The summed E-state index contributed by atoms with van der Waals surface area (Å²) in [7, 11) is 0. The number of carbonyl (C=O) groups is 1. The maximum Gasteiger partial charge on any atom is 0.307 e. The zero-order valence-electron chi connectivity index (χ0n) is 9.19. The van der Waals surface area contributed by atoms with Crippen LogP contribution in [0.3, 0.4) is 0 Å². The molecular weight excluding hydrogens is 220 g/mol. The molecule has 84 valence electrons. The van der Waals surface area contributed by atoms with Crippen LogP contribution >= 0.6 is 11.8 Å². The van der Waals surface area contributed by atoms with Crippen LogP contribution in [0.4, 0.5) is 0 Å². The van der Waals surface area contributed by atoms with Gasteiger partial charge in [0.2, 0.25) is 0 Å². The first kappa shape index (κ1) is 10.2. The van der Waals surface area contributed by atoms with Crippen molar-refractivity contribution in [1.82, 2.24) is 0 Å². The second kappa shape index (κ2) is 3.27. The Morgan fingerprint density at radius 2 is 2.38 bits per heavy atom. The molecule has 1 aliphatic carbocycles. The fourth-order valence-electron chi connectivity index (χ4n) is 2.84. The first-order valence-electron chi connectivity index (χ1n) is 5.60. The van der Waals surface area contributed by atoms with E-state index in [1.54, 1.807) is 0 Å². The summed E-state index contributed by atoms with van der Waals surface area (Å²) in [6.07, 6.45) is 1.85. The molecule has 3 heteroatoms. The minimum atomic E-state index is -0.626. The highest BCUT2D eigenvalue weighted by atomic mass is 32.2. The van der Waals surface area contributed by atoms with Gasteiger partial charge in [0.1, 0.15) is 0 Å². The van der Waals surface area contributed by atoms with E-state index in [-0.39, 0.29) is 11.3 Å². The standard InChI is InChI=1S/C13H14O2S/c1-8-2-3-11-9(6-8)13(4-5-16-11)7-10(13)12(14)15/h2-3,6,10H,4-5,7H2,1H3,(H,14,15). The molecule has 1 aromatic rings. The largest absolute Gasteiger partial charge is 0.481 e. The van der Waals surface area contributed by atoms with Crippen molar-refractivity contribution in [2.24, 2.45) is 5.92 Å². The molecule has 1 heterocycles. The number of carboxylic acids is 1. The molecular formula is C13H14O2S. The quantitative estimate of drug-likeness (QED) is 0.812. The van der Waals surface area contributed by atoms with Crippen LogP contribution in [0, 0.1) is 12.8 Å². The summed E-state index contributed by atoms with van der Waals surface area (Å²) in [4.78, 5) is 12.4. The van der Waals surface area contributed by atoms with Crippen molar-refractivity contribution < 1.29 is 9.90 Å². The van der Waals surface area contributed by atoms with Crippen LogP contribution in [0.15, 0.2) is 23.1 Å². The normalized spacial score (nSPS) is 31.2. The van der Waals surface area contributed by atoms with Gasteiger partial charge in [0.05, 0.1) is 5.92 Å². The Balaban J connectivity index is 2.07. The Kier molecular flexibility index (Phi) is 2.08. The zero-order chi connectivity index (χ0) is 11.3. The van der Waals surface area contributed by atoms with E-state index in [0.717, 1.165) is 18.6 Å². The Bertz CT molecular complexity index is 469. The predicted molar refractivity (Wildman–Crippen MR) is 63.9 cm³/mol. The highest BCUT2D eigenvalue weighted by Crippen LogP contribution is 2.61. The van der Waals surface area contributed by atoms with Crippen molar-refractivity contribution in [3.8, 4) is 0 Å². The number of hydrogen-bond donors (Lipinski definition) is 1. The summed E-state index contributed by atoms with van der Waals surface area (Å²) in [6, 6.07) is 6.45. The van der Waals surface area contributed by atoms with E-state index in [0.29, 0.717) is 0 Å². The predicted octanol–water partition coefficient (Wildman–Crippen LogP) is 2.83. The molecule has 0 radical (unpaired) electrons. The van der Waals surface area contributed by atoms with E-state index in [1.807, 2.05) is 11.8 Å². The SMILES string of the molecule is Cc1ccc2c(c1)C1(CCS2)CC1C(=O)O. The molecule has 0 aromatic heterocycles. The molecule has 1 N–H and O–H groups in total. The molecule has 2 nitrogen and oxygen atoms in total. The van der Waals surface area contributed by atoms with Gasteiger partial charge in [-0.2, -0.15) is 0 Å². The first-order chi connectivity index (χ1) is 7.63. The molecule has 2 unspecified atom stereocenters. The monoisotopic (exact) mass is 234 g/mol. The second-order valence-corrected chi connectivity index (χ2v) is 5.99. The van der Waals surface area contributed by atoms with Crippen LogP contribution in [-0.2, 0) is 10.2 Å². The number of rotatable bonds is 1. The summed E-state index contributed by atoms with van der Waals surface area (Å²) >= 11 is 1.86. The van der Waals surface area contributed by atoms with Gasteiger partial charge in [-0.15, -0.1) is 11.8 Å². The number of hydrogen-bond acceptors (Lipinski definition) is 2. The average Bonchev–Trinajstić information content (AvgIpc) is 2.96. The summed E-state index contributed by atoms with van der Waals surface area (Å²) in [5.41, 5.74) is 2.49. The van der Waals surface area contributed by atoms with E-state index in [4.69, 9.17) is 5.11 Å². The summed E-state index contributed by atoms with van der Waals surface area (Å²) in [6.45, 7) is 2.07.